The van der Waals surface area contributed by atoms with E-state index in [0.717, 1.165) is 16.2 Å². The van der Waals surface area contributed by atoms with E-state index < -0.39 is 11.9 Å². The van der Waals surface area contributed by atoms with Gasteiger partial charge in [-0.25, -0.2) is 9.59 Å². The van der Waals surface area contributed by atoms with Crippen molar-refractivity contribution in [2.75, 3.05) is 19.0 Å². The first-order chi connectivity index (χ1) is 10.2. The van der Waals surface area contributed by atoms with Crippen molar-refractivity contribution in [3.63, 3.8) is 0 Å². The first-order valence-electron chi connectivity index (χ1n) is 6.66. The highest BCUT2D eigenvalue weighted by atomic mass is 33.1. The second kappa shape index (κ2) is 7.56. The Hall–Kier alpha value is -1.40. The number of hydrogen-bond acceptors (Lipinski definition) is 6. The van der Waals surface area contributed by atoms with Gasteiger partial charge < -0.3 is 9.47 Å². The highest BCUT2D eigenvalue weighted by molar-refractivity contribution is 8.80. The Kier molecular flexibility index (Phi) is 5.76. The quantitative estimate of drug-likeness (QED) is 0.607. The maximum absolute atomic E-state index is 12.3. The summed E-state index contributed by atoms with van der Waals surface area (Å²) in [5.41, 5.74) is 1.28. The van der Waals surface area contributed by atoms with E-state index in [1.54, 1.807) is 47.6 Å². The molecule has 0 saturated carbocycles. The van der Waals surface area contributed by atoms with Gasteiger partial charge in [-0.1, -0.05) is 39.8 Å². The van der Waals surface area contributed by atoms with Gasteiger partial charge in [-0.3, -0.25) is 0 Å². The van der Waals surface area contributed by atoms with Crippen molar-refractivity contribution in [3.8, 4) is 0 Å². The van der Waals surface area contributed by atoms with Crippen molar-refractivity contribution < 1.29 is 19.1 Å². The van der Waals surface area contributed by atoms with Gasteiger partial charge in [0, 0.05) is 16.2 Å². The van der Waals surface area contributed by atoms with Crippen molar-refractivity contribution in [2.45, 2.75) is 13.8 Å². The van der Waals surface area contributed by atoms with Crippen LogP contribution in [-0.2, 0) is 9.47 Å². The fraction of sp³-hybridized carbons (Fsp3) is 0.333. The Balaban J connectivity index is 2.51. The van der Waals surface area contributed by atoms with E-state index in [1.807, 2.05) is 12.1 Å². The molecule has 1 aromatic rings. The smallest absolute Gasteiger partial charge is 0.339 e. The minimum atomic E-state index is -0.501. The minimum absolute atomic E-state index is 0.256. The molecule has 0 spiro atoms. The molecule has 0 unspecified atom stereocenters. The predicted octanol–water partition coefficient (Wildman–Crippen LogP) is 3.78. The third-order valence-corrected chi connectivity index (χ3v) is 5.08. The second-order valence-electron chi connectivity index (χ2n) is 4.11. The van der Waals surface area contributed by atoms with Crippen LogP contribution in [0.2, 0.25) is 0 Å². The van der Waals surface area contributed by atoms with Gasteiger partial charge in [-0.2, -0.15) is 0 Å². The van der Waals surface area contributed by atoms with Crippen LogP contribution in [0.4, 0.5) is 0 Å². The summed E-state index contributed by atoms with van der Waals surface area (Å²) in [5.74, 6) is -0.112. The van der Waals surface area contributed by atoms with E-state index >= 15 is 0 Å². The fourth-order valence-electron chi connectivity index (χ4n) is 1.96. The van der Waals surface area contributed by atoms with E-state index in [9.17, 15) is 9.59 Å². The normalized spacial score (nSPS) is 13.7. The number of benzene rings is 1. The highest BCUT2D eigenvalue weighted by Crippen LogP contribution is 2.44. The molecule has 0 N–H and O–H groups in total. The van der Waals surface area contributed by atoms with Crippen LogP contribution in [0.25, 0.3) is 4.91 Å². The van der Waals surface area contributed by atoms with Crippen LogP contribution in [0.5, 0.6) is 0 Å². The molecule has 0 bridgehead atoms. The van der Waals surface area contributed by atoms with Gasteiger partial charge in [-0.05, 0) is 19.9 Å². The standard InChI is InChI=1S/C15H16O4S2/c1-3-18-14(16)11-7-5-6-10(12-8-9-20-21-12)13(11)15(17)19-4-2/h5-8H,3-4,9H2,1-2H3. The van der Waals surface area contributed by atoms with Crippen molar-refractivity contribution in [2.24, 2.45) is 0 Å². The fourth-order valence-corrected chi connectivity index (χ4v) is 4.16. The Morgan fingerprint density at radius 2 is 1.86 bits per heavy atom. The molecule has 0 aliphatic carbocycles. The number of carbonyl (C=O) groups is 2. The molecule has 0 amide bonds. The SMILES string of the molecule is CCOC(=O)c1cccc(C2=CCSS2)c1C(=O)OCC. The van der Waals surface area contributed by atoms with Gasteiger partial charge in [0.25, 0.3) is 0 Å². The monoisotopic (exact) mass is 324 g/mol. The number of hydrogen-bond donors (Lipinski definition) is 0. The van der Waals surface area contributed by atoms with Crippen LogP contribution >= 0.6 is 21.6 Å². The summed E-state index contributed by atoms with van der Waals surface area (Å²) in [5, 5.41) is 0. The maximum atomic E-state index is 12.3. The molecule has 4 nitrogen and oxygen atoms in total. The molecular formula is C15H16O4S2. The van der Waals surface area contributed by atoms with Gasteiger partial charge in [-0.15, -0.1) is 0 Å². The lowest BCUT2D eigenvalue weighted by molar-refractivity contribution is 0.0478. The first-order valence-corrected chi connectivity index (χ1v) is 8.98. The highest BCUT2D eigenvalue weighted by Gasteiger charge is 2.25. The molecule has 112 valence electrons. The number of esters is 2. The summed E-state index contributed by atoms with van der Waals surface area (Å²) in [6, 6.07) is 5.19. The van der Waals surface area contributed by atoms with E-state index in [-0.39, 0.29) is 18.8 Å². The summed E-state index contributed by atoms with van der Waals surface area (Å²) in [6.07, 6.45) is 2.04. The Morgan fingerprint density at radius 3 is 2.48 bits per heavy atom. The average Bonchev–Trinajstić information content (AvgIpc) is 3.01. The van der Waals surface area contributed by atoms with Crippen molar-refractivity contribution >= 4 is 38.4 Å². The molecule has 2 rings (SSSR count). The Bertz CT molecular complexity index is 581. The molecule has 1 aromatic carbocycles. The molecule has 0 saturated heterocycles. The van der Waals surface area contributed by atoms with Crippen molar-refractivity contribution in [3.05, 3.63) is 41.0 Å². The lowest BCUT2D eigenvalue weighted by Gasteiger charge is -2.13. The van der Waals surface area contributed by atoms with Crippen LogP contribution in [0.1, 0.15) is 40.1 Å². The molecule has 21 heavy (non-hydrogen) atoms. The van der Waals surface area contributed by atoms with E-state index in [1.165, 1.54) is 0 Å². The summed E-state index contributed by atoms with van der Waals surface area (Å²) in [6.45, 7) is 4.00. The third kappa shape index (κ3) is 3.63. The van der Waals surface area contributed by atoms with E-state index in [4.69, 9.17) is 9.47 Å². The predicted molar refractivity (Wildman–Crippen MR) is 86.4 cm³/mol. The zero-order chi connectivity index (χ0) is 15.2. The minimum Gasteiger partial charge on any atom is -0.462 e. The molecule has 1 aliphatic heterocycles. The number of ether oxygens (including phenoxy) is 2. The zero-order valence-electron chi connectivity index (χ0n) is 11.9. The second-order valence-corrected chi connectivity index (χ2v) is 6.49. The van der Waals surface area contributed by atoms with Gasteiger partial charge >= 0.3 is 11.9 Å². The van der Waals surface area contributed by atoms with Crippen molar-refractivity contribution in [1.82, 2.24) is 0 Å². The molecule has 1 heterocycles. The van der Waals surface area contributed by atoms with Crippen LogP contribution in [-0.4, -0.2) is 30.9 Å². The third-order valence-electron chi connectivity index (χ3n) is 2.79. The van der Waals surface area contributed by atoms with E-state index in [2.05, 4.69) is 0 Å². The largest absolute Gasteiger partial charge is 0.462 e. The molecule has 0 aromatic heterocycles. The molecule has 1 aliphatic rings. The van der Waals surface area contributed by atoms with Gasteiger partial charge in [0.15, 0.2) is 0 Å². The van der Waals surface area contributed by atoms with Crippen LogP contribution in [0.15, 0.2) is 24.3 Å². The van der Waals surface area contributed by atoms with Gasteiger partial charge in [0.05, 0.1) is 24.3 Å². The lowest BCUT2D eigenvalue weighted by atomic mass is 10.00. The molecule has 0 radical (unpaired) electrons. The summed E-state index contributed by atoms with van der Waals surface area (Å²) >= 11 is 0. The van der Waals surface area contributed by atoms with Crippen LogP contribution in [0.3, 0.4) is 0 Å². The molecular weight excluding hydrogens is 308 g/mol. The zero-order valence-corrected chi connectivity index (χ0v) is 13.5. The summed E-state index contributed by atoms with van der Waals surface area (Å²) in [4.78, 5) is 25.3. The summed E-state index contributed by atoms with van der Waals surface area (Å²) < 4.78 is 10.1. The maximum Gasteiger partial charge on any atom is 0.339 e. The Morgan fingerprint density at radius 1 is 1.14 bits per heavy atom. The molecule has 0 fully saturated rings. The summed E-state index contributed by atoms with van der Waals surface area (Å²) in [7, 11) is 3.29. The van der Waals surface area contributed by atoms with Gasteiger partial charge in [0.1, 0.15) is 0 Å². The van der Waals surface area contributed by atoms with Crippen molar-refractivity contribution in [1.29, 1.82) is 0 Å². The number of rotatable bonds is 5. The molecule has 6 heteroatoms. The number of carbonyl (C=O) groups excluding carboxylic acids is 2. The topological polar surface area (TPSA) is 52.6 Å². The van der Waals surface area contributed by atoms with Crippen LogP contribution in [0, 0.1) is 0 Å². The Labute approximate surface area is 131 Å². The van der Waals surface area contributed by atoms with Crippen LogP contribution < -0.4 is 0 Å². The van der Waals surface area contributed by atoms with E-state index in [0.29, 0.717) is 5.56 Å². The molecule has 0 atom stereocenters. The van der Waals surface area contributed by atoms with Gasteiger partial charge in [0.2, 0.25) is 0 Å². The first kappa shape index (κ1) is 16.0. The lowest BCUT2D eigenvalue weighted by Crippen LogP contribution is -2.16. The average molecular weight is 324 g/mol.